The molecular formula is C21H21N3O3S. The van der Waals surface area contributed by atoms with Crippen molar-refractivity contribution >= 4 is 27.5 Å². The average molecular weight is 395 g/mol. The Morgan fingerprint density at radius 2 is 1.68 bits per heavy atom. The zero-order valence-corrected chi connectivity index (χ0v) is 16.2. The minimum Gasteiger partial charge on any atom is -0.305 e. The topological polar surface area (TPSA) is 87.6 Å². The fraction of sp³-hybridized carbons (Fsp3) is 0.333. The summed E-state index contributed by atoms with van der Waals surface area (Å²) in [5.74, 6) is -0.419. The molecule has 1 atom stereocenters. The van der Waals surface area contributed by atoms with Crippen LogP contribution in [-0.2, 0) is 41.4 Å². The molecule has 0 bridgehead atoms. The molecule has 0 radical (unpaired) electrons. The molecule has 0 fully saturated rings. The first kappa shape index (κ1) is 17.4. The van der Waals surface area contributed by atoms with Gasteiger partial charge in [-0.05, 0) is 72.4 Å². The van der Waals surface area contributed by atoms with Gasteiger partial charge in [0.2, 0.25) is 0 Å². The normalized spacial score (nSPS) is 22.1. The summed E-state index contributed by atoms with van der Waals surface area (Å²) in [6.07, 6.45) is 6.12. The fourth-order valence-corrected chi connectivity index (χ4v) is 6.17. The summed E-state index contributed by atoms with van der Waals surface area (Å²) in [6.45, 7) is 0. The van der Waals surface area contributed by atoms with Crippen molar-refractivity contribution in [1.29, 1.82) is 0 Å². The smallest absolute Gasteiger partial charge is 0.305 e. The zero-order valence-electron chi connectivity index (χ0n) is 15.4. The van der Waals surface area contributed by atoms with Crippen LogP contribution in [0.3, 0.4) is 0 Å². The van der Waals surface area contributed by atoms with Gasteiger partial charge in [-0.3, -0.25) is 9.52 Å². The van der Waals surface area contributed by atoms with E-state index in [4.69, 9.17) is 0 Å². The van der Waals surface area contributed by atoms with Crippen LogP contribution in [0.5, 0.6) is 0 Å². The largest absolute Gasteiger partial charge is 0.354 e. The first-order chi connectivity index (χ1) is 13.5. The number of rotatable bonds is 1. The first-order valence-corrected chi connectivity index (χ1v) is 11.3. The minimum absolute atomic E-state index is 0.0351. The van der Waals surface area contributed by atoms with E-state index in [1.165, 1.54) is 22.3 Å². The second kappa shape index (κ2) is 6.44. The molecular weight excluding hydrogens is 374 g/mol. The second-order valence-corrected chi connectivity index (χ2v) is 9.58. The second-order valence-electron chi connectivity index (χ2n) is 7.63. The molecule has 3 aliphatic rings. The van der Waals surface area contributed by atoms with Gasteiger partial charge in [0.25, 0.3) is 5.91 Å². The number of aryl methyl sites for hydroxylation is 2. The number of carbonyl (C=O) groups excluding carboxylic acids is 2. The highest BCUT2D eigenvalue weighted by molar-refractivity contribution is 7.92. The Morgan fingerprint density at radius 3 is 2.39 bits per heavy atom. The molecule has 3 amide bonds. The molecule has 5 rings (SSSR count). The molecule has 6 nitrogen and oxygen atoms in total. The van der Waals surface area contributed by atoms with Crippen molar-refractivity contribution in [2.75, 3.05) is 5.32 Å². The van der Waals surface area contributed by atoms with Crippen LogP contribution >= 0.6 is 0 Å². The third-order valence-corrected chi connectivity index (χ3v) is 7.47. The van der Waals surface area contributed by atoms with Crippen molar-refractivity contribution in [3.05, 3.63) is 63.7 Å². The van der Waals surface area contributed by atoms with E-state index in [9.17, 15) is 13.8 Å². The molecule has 2 aliphatic carbocycles. The Hall–Kier alpha value is -2.67. The standard InChI is InChI=1S/C21H21N3O3S/c25-20-18-8-2-1-5-15(18)12-28(27,23-20)24-21(26)22-19-16-9-3-6-13(16)11-14-7-4-10-17(14)19/h1-2,5,8,11H,3-4,6-7,9-10,12H2,(H2,22,23,24,25,26,27). The van der Waals surface area contributed by atoms with Crippen molar-refractivity contribution < 1.29 is 13.8 Å². The van der Waals surface area contributed by atoms with Crippen LogP contribution in [-0.4, -0.2) is 16.1 Å². The first-order valence-electron chi connectivity index (χ1n) is 9.65. The Labute approximate surface area is 164 Å². The molecule has 28 heavy (non-hydrogen) atoms. The van der Waals surface area contributed by atoms with Crippen molar-refractivity contribution in [2.45, 2.75) is 44.3 Å². The molecule has 0 aromatic heterocycles. The Bertz CT molecular complexity index is 1110. The van der Waals surface area contributed by atoms with E-state index >= 15 is 0 Å². The third-order valence-electron chi connectivity index (χ3n) is 5.80. The lowest BCUT2D eigenvalue weighted by atomic mass is 9.99. The van der Waals surface area contributed by atoms with Gasteiger partial charge in [-0.2, -0.15) is 0 Å². The Kier molecular flexibility index (Phi) is 4.01. The number of nitrogens with zero attached hydrogens (tertiary/aromatic N) is 1. The number of nitrogens with one attached hydrogen (secondary N) is 2. The van der Waals surface area contributed by atoms with Crippen LogP contribution in [0.25, 0.3) is 0 Å². The van der Waals surface area contributed by atoms with Crippen LogP contribution in [0.2, 0.25) is 0 Å². The molecule has 1 heterocycles. The van der Waals surface area contributed by atoms with E-state index in [2.05, 4.69) is 20.5 Å². The van der Waals surface area contributed by atoms with Gasteiger partial charge in [-0.15, -0.1) is 4.36 Å². The molecule has 0 spiro atoms. The highest BCUT2D eigenvalue weighted by Gasteiger charge is 2.28. The van der Waals surface area contributed by atoms with Gasteiger partial charge in [0.1, 0.15) is 9.92 Å². The molecule has 2 N–H and O–H groups in total. The summed E-state index contributed by atoms with van der Waals surface area (Å²) < 4.78 is 19.4. The van der Waals surface area contributed by atoms with Gasteiger partial charge < -0.3 is 5.32 Å². The SMILES string of the molecule is O=C(N=S1(=O)Cc2ccccc2C(=O)N1)Nc1c2c(cc3c1CCC3)CCC2. The predicted octanol–water partition coefficient (Wildman–Crippen LogP) is 3.52. The number of urea groups is 1. The lowest BCUT2D eigenvalue weighted by Gasteiger charge is -2.20. The summed E-state index contributed by atoms with van der Waals surface area (Å²) in [4.78, 5) is 25.0. The van der Waals surface area contributed by atoms with Gasteiger partial charge in [0, 0.05) is 11.3 Å². The van der Waals surface area contributed by atoms with Crippen molar-refractivity contribution in [3.8, 4) is 0 Å². The highest BCUT2D eigenvalue weighted by Crippen LogP contribution is 2.38. The van der Waals surface area contributed by atoms with Crippen LogP contribution in [0, 0.1) is 0 Å². The number of hydrogen-bond acceptors (Lipinski definition) is 3. The van der Waals surface area contributed by atoms with Crippen LogP contribution in [0.15, 0.2) is 34.7 Å². The quantitative estimate of drug-likeness (QED) is 0.774. The molecule has 0 saturated carbocycles. The minimum atomic E-state index is -3.19. The van der Waals surface area contributed by atoms with Gasteiger partial charge in [0.05, 0.1) is 5.75 Å². The van der Waals surface area contributed by atoms with E-state index in [0.29, 0.717) is 11.1 Å². The number of anilines is 1. The van der Waals surface area contributed by atoms with E-state index < -0.39 is 21.9 Å². The zero-order chi connectivity index (χ0) is 19.3. The summed E-state index contributed by atoms with van der Waals surface area (Å²) in [6, 6.07) is 8.60. The summed E-state index contributed by atoms with van der Waals surface area (Å²) in [7, 11) is -3.19. The van der Waals surface area contributed by atoms with Gasteiger partial charge in [-0.25, -0.2) is 9.00 Å². The molecule has 1 unspecified atom stereocenters. The van der Waals surface area contributed by atoms with Crippen molar-refractivity contribution in [1.82, 2.24) is 4.72 Å². The van der Waals surface area contributed by atoms with Crippen LogP contribution < -0.4 is 10.0 Å². The van der Waals surface area contributed by atoms with Gasteiger partial charge in [-0.1, -0.05) is 24.3 Å². The molecule has 1 aliphatic heterocycles. The highest BCUT2D eigenvalue weighted by atomic mass is 32.2. The Balaban J connectivity index is 1.48. The lowest BCUT2D eigenvalue weighted by Crippen LogP contribution is -2.37. The maximum atomic E-state index is 13.1. The maximum absolute atomic E-state index is 13.1. The van der Waals surface area contributed by atoms with Crippen molar-refractivity contribution in [2.24, 2.45) is 4.36 Å². The number of carbonyl (C=O) groups is 2. The molecule has 144 valence electrons. The van der Waals surface area contributed by atoms with E-state index in [-0.39, 0.29) is 5.75 Å². The van der Waals surface area contributed by atoms with E-state index in [0.717, 1.165) is 44.2 Å². The van der Waals surface area contributed by atoms with Crippen molar-refractivity contribution in [3.63, 3.8) is 0 Å². The lowest BCUT2D eigenvalue weighted by molar-refractivity contribution is 0.0979. The predicted molar refractivity (Wildman–Crippen MR) is 108 cm³/mol. The number of fused-ring (bicyclic) bond motifs is 3. The number of amides is 3. The van der Waals surface area contributed by atoms with Crippen LogP contribution in [0.1, 0.15) is 51.0 Å². The monoisotopic (exact) mass is 395 g/mol. The van der Waals surface area contributed by atoms with Gasteiger partial charge in [0.15, 0.2) is 0 Å². The Morgan fingerprint density at radius 1 is 1.00 bits per heavy atom. The fourth-order valence-electron chi connectivity index (χ4n) is 4.60. The van der Waals surface area contributed by atoms with E-state index in [1.807, 2.05) is 0 Å². The number of benzene rings is 2. The summed E-state index contributed by atoms with van der Waals surface area (Å²) in [5, 5.41) is 2.92. The molecule has 0 saturated heterocycles. The molecule has 2 aromatic carbocycles. The number of hydrogen-bond donors (Lipinski definition) is 2. The van der Waals surface area contributed by atoms with Gasteiger partial charge >= 0.3 is 6.03 Å². The molecule has 2 aromatic rings. The van der Waals surface area contributed by atoms with E-state index in [1.54, 1.807) is 24.3 Å². The maximum Gasteiger partial charge on any atom is 0.354 e. The summed E-state index contributed by atoms with van der Waals surface area (Å²) in [5.41, 5.74) is 6.99. The average Bonchev–Trinajstić information content (AvgIpc) is 3.30. The summed E-state index contributed by atoms with van der Waals surface area (Å²) >= 11 is 0. The third kappa shape index (κ3) is 2.90. The van der Waals surface area contributed by atoms with Crippen LogP contribution in [0.4, 0.5) is 10.5 Å². The molecule has 7 heteroatoms.